The number of aliphatic carboxylic acids is 3. The molecule has 112 heavy (non-hydrogen) atoms. The van der Waals surface area contributed by atoms with Crippen LogP contribution in [0.3, 0.4) is 0 Å². The molecule has 0 aromatic heterocycles. The number of rotatable bonds is 51. The van der Waals surface area contributed by atoms with Crippen molar-refractivity contribution in [2.45, 2.75) is 258 Å². The van der Waals surface area contributed by atoms with Crippen molar-refractivity contribution in [2.24, 2.45) is 35.3 Å². The predicted molar refractivity (Wildman–Crippen MR) is 415 cm³/mol. The molecule has 13 amide bonds. The first-order valence-corrected chi connectivity index (χ1v) is 38.8. The maximum absolute atomic E-state index is 14.9. The number of aliphatic hydroxyl groups is 1. The van der Waals surface area contributed by atoms with Gasteiger partial charge in [-0.25, -0.2) is 24.0 Å². The number of likely N-dealkylation sites (N-methyl/N-ethyl adjacent to an activating group) is 2. The molecule has 1 fully saturated rings. The van der Waals surface area contributed by atoms with E-state index in [-0.39, 0.29) is 88.3 Å². The number of methoxy groups -OCH3 is 2. The molecule has 3 rings (SSSR count). The van der Waals surface area contributed by atoms with Crippen LogP contribution >= 0.6 is 0 Å². The zero-order valence-electron chi connectivity index (χ0n) is 67.5. The number of urea groups is 2. The van der Waals surface area contributed by atoms with Crippen LogP contribution in [0, 0.1) is 29.6 Å². The van der Waals surface area contributed by atoms with E-state index >= 15 is 0 Å². The molecular weight excluding hydrogens is 1450 g/mol. The van der Waals surface area contributed by atoms with Crippen LogP contribution in [0.4, 0.5) is 20.1 Å². The third-order valence-corrected chi connectivity index (χ3v) is 20.2. The zero-order valence-corrected chi connectivity index (χ0v) is 67.5. The molecule has 2 aromatic carbocycles. The van der Waals surface area contributed by atoms with Gasteiger partial charge in [-0.15, -0.1) is 0 Å². The monoisotopic (exact) mass is 1580 g/mol. The second-order valence-electron chi connectivity index (χ2n) is 29.9. The Hall–Kier alpha value is -9.70. The molecular formula is C78H125N13O21. The second kappa shape index (κ2) is 49.6. The van der Waals surface area contributed by atoms with Gasteiger partial charge in [0.05, 0.1) is 48.8 Å². The van der Waals surface area contributed by atoms with Gasteiger partial charge in [0, 0.05) is 72.9 Å². The van der Waals surface area contributed by atoms with Crippen LogP contribution in [0.1, 0.15) is 196 Å². The quantitative estimate of drug-likeness (QED) is 0.0374. The molecule has 0 spiro atoms. The Balaban J connectivity index is 1.58. The van der Waals surface area contributed by atoms with E-state index in [2.05, 4.69) is 47.9 Å². The number of carboxylic acids is 3. The fourth-order valence-corrected chi connectivity index (χ4v) is 13.5. The van der Waals surface area contributed by atoms with Crippen LogP contribution < -0.4 is 53.6 Å². The lowest BCUT2D eigenvalue weighted by Gasteiger charge is -2.41. The van der Waals surface area contributed by atoms with E-state index in [0.29, 0.717) is 74.7 Å². The summed E-state index contributed by atoms with van der Waals surface area (Å²) >= 11 is 0. The Morgan fingerprint density at radius 1 is 0.589 bits per heavy atom. The predicted octanol–water partition coefficient (Wildman–Crippen LogP) is 5.29. The van der Waals surface area contributed by atoms with Gasteiger partial charge in [0.2, 0.25) is 47.3 Å². The number of likely N-dealkylation sites (tertiary alicyclic amines) is 1. The zero-order chi connectivity index (χ0) is 84.1. The highest BCUT2D eigenvalue weighted by Gasteiger charge is 2.44. The third-order valence-electron chi connectivity index (χ3n) is 20.2. The summed E-state index contributed by atoms with van der Waals surface area (Å²) in [6.07, 6.45) is 0.786. The Morgan fingerprint density at radius 2 is 1.18 bits per heavy atom. The fourth-order valence-electron chi connectivity index (χ4n) is 13.5. The number of carbonyl (C=O) groups is 14. The summed E-state index contributed by atoms with van der Waals surface area (Å²) in [6, 6.07) is 4.43. The van der Waals surface area contributed by atoms with Crippen molar-refractivity contribution in [3.8, 4) is 0 Å². The number of amides is 13. The van der Waals surface area contributed by atoms with Gasteiger partial charge in [0.25, 0.3) is 0 Å². The summed E-state index contributed by atoms with van der Waals surface area (Å²) in [4.78, 5) is 187. The van der Waals surface area contributed by atoms with E-state index in [1.54, 1.807) is 104 Å². The van der Waals surface area contributed by atoms with Gasteiger partial charge in [-0.2, -0.15) is 0 Å². The number of primary amides is 1. The first-order valence-electron chi connectivity index (χ1n) is 38.8. The first-order chi connectivity index (χ1) is 52.9. The van der Waals surface area contributed by atoms with Gasteiger partial charge in [-0.1, -0.05) is 124 Å². The molecule has 0 radical (unpaired) electrons. The second-order valence-corrected chi connectivity index (χ2v) is 29.9. The number of benzene rings is 2. The van der Waals surface area contributed by atoms with Crippen molar-refractivity contribution < 1.29 is 102 Å². The molecule has 1 heterocycles. The highest BCUT2D eigenvalue weighted by molar-refractivity contribution is 5.99. The van der Waals surface area contributed by atoms with Crippen LogP contribution in [0.5, 0.6) is 0 Å². The number of hydrogen-bond donors (Lipinski definition) is 14. The number of carbonyl (C=O) groups excluding carboxylic acids is 11. The summed E-state index contributed by atoms with van der Waals surface area (Å²) in [5.41, 5.74) is 6.73. The lowest BCUT2D eigenvalue weighted by Crippen LogP contribution is -2.60. The van der Waals surface area contributed by atoms with E-state index in [9.17, 15) is 82.4 Å². The van der Waals surface area contributed by atoms with Crippen molar-refractivity contribution >= 4 is 89.0 Å². The molecule has 0 bridgehead atoms. The van der Waals surface area contributed by atoms with E-state index in [1.165, 1.54) is 26.2 Å². The SMILES string of the molecule is CC[C@H](C)[C@@H](C(CC(=O)N1CCC[C@H]1[C@H](OC)[C@@H](C)C(=O)N[C@H](C)[C@@H](O)c1ccccc1)OC)N(C)C(=O)[C@@H](NC(=O)[C@H](C(C)C)N(C)C(=O)OCc1ccc(NC(=O)[C@H](CCCNC(N)=O)NC(=O)[C@@H](NC(=O)CCCCCCC(=O)NCCCC[C@H](NC(=O)N[C@@H](CCC(=O)O)C(=O)O)C(=O)O)C(C)C)cc1)C(C)C. The van der Waals surface area contributed by atoms with Gasteiger partial charge in [-0.05, 0) is 118 Å². The summed E-state index contributed by atoms with van der Waals surface area (Å²) in [5.74, 6) is -9.90. The molecule has 0 aliphatic carbocycles. The summed E-state index contributed by atoms with van der Waals surface area (Å²) in [5, 5.41) is 62.2. The summed E-state index contributed by atoms with van der Waals surface area (Å²) in [6.45, 7) is 18.4. The average molecular weight is 1580 g/mol. The number of unbranched alkanes of at least 4 members (excludes halogenated alkanes) is 4. The summed E-state index contributed by atoms with van der Waals surface area (Å²) < 4.78 is 17.8. The largest absolute Gasteiger partial charge is 0.481 e. The lowest BCUT2D eigenvalue weighted by molar-refractivity contribution is -0.148. The van der Waals surface area contributed by atoms with Crippen molar-refractivity contribution in [3.63, 3.8) is 0 Å². The van der Waals surface area contributed by atoms with E-state index in [4.69, 9.17) is 25.1 Å². The average Bonchev–Trinajstić information content (AvgIpc) is 1.54. The van der Waals surface area contributed by atoms with Crippen LogP contribution in [0.15, 0.2) is 54.6 Å². The number of nitrogens with two attached hydrogens (primary N) is 1. The van der Waals surface area contributed by atoms with Gasteiger partial charge < -0.3 is 98.0 Å². The van der Waals surface area contributed by atoms with E-state index in [1.807, 2.05) is 32.0 Å². The summed E-state index contributed by atoms with van der Waals surface area (Å²) in [7, 11) is 6.04. The topological polar surface area (TPSA) is 492 Å². The molecule has 15 N–H and O–H groups in total. The normalized spacial score (nSPS) is 16.2. The molecule has 628 valence electrons. The van der Waals surface area contributed by atoms with Gasteiger partial charge in [0.15, 0.2) is 0 Å². The highest BCUT2D eigenvalue weighted by atomic mass is 16.6. The standard InChI is InChI=1S/C78H125N13O21/c1-15-48(8)66(58(110-13)43-61(94)91-42-26-31-57(91)68(111-14)49(9)69(98)82-50(10)67(97)52-27-19-18-20-28-52)89(11)73(102)64(46(4)5)88-72(101)65(47(6)7)90(12)78(109)112-44-51-34-36-53(37-35-51)83-70(99)54(30-25-41-81-76(79)107)84-71(100)63(45(2)3)87-60(93)33-22-17-16-21-32-59(92)80-40-24-23-29-55(74(103)104)85-77(108)86-56(75(105)106)38-39-62(95)96/h18-20,27-28,34-37,45-50,54-58,63-68,97H,15-17,21-26,29-33,38-44H2,1-14H3,(H,80,92)(H,82,98)(H,83,99)(H,84,100)(H,87,93)(H,88,101)(H,95,96)(H,103,104)(H,105,106)(H3,79,81,107)(H2,85,86,108)/t48-,49+,50+,54-,55-,56-,57-,58?,63-,64-,65-,66-,67+,68+/m0/s1. The Labute approximate surface area is 657 Å². The van der Waals surface area contributed by atoms with Gasteiger partial charge in [0.1, 0.15) is 42.9 Å². The molecule has 0 saturated carbocycles. The minimum Gasteiger partial charge on any atom is -0.481 e. The van der Waals surface area contributed by atoms with Crippen LogP contribution in [-0.4, -0.2) is 233 Å². The number of carboxylic acid groups (broad SMARTS) is 3. The number of nitrogens with zero attached hydrogens (tertiary/aromatic N) is 3. The molecule has 1 aliphatic rings. The number of anilines is 1. The first kappa shape index (κ1) is 96.5. The van der Waals surface area contributed by atoms with Crippen LogP contribution in [-0.2, 0) is 73.6 Å². The molecule has 2 aromatic rings. The molecule has 1 saturated heterocycles. The molecule has 1 unspecified atom stereocenters. The van der Waals surface area contributed by atoms with Crippen molar-refractivity contribution in [2.75, 3.05) is 53.3 Å². The van der Waals surface area contributed by atoms with Crippen LogP contribution in [0.25, 0.3) is 0 Å². The third kappa shape index (κ3) is 32.6. The van der Waals surface area contributed by atoms with Crippen molar-refractivity contribution in [1.29, 1.82) is 0 Å². The van der Waals surface area contributed by atoms with E-state index in [0.717, 1.165) is 4.90 Å². The maximum Gasteiger partial charge on any atom is 0.410 e. The van der Waals surface area contributed by atoms with Crippen molar-refractivity contribution in [3.05, 3.63) is 65.7 Å². The number of aliphatic hydroxyl groups excluding tert-OH is 1. The van der Waals surface area contributed by atoms with E-state index < -0.39 is 175 Å². The molecule has 34 heteroatoms. The molecule has 34 nitrogen and oxygen atoms in total. The van der Waals surface area contributed by atoms with Gasteiger partial charge >= 0.3 is 36.1 Å². The smallest absolute Gasteiger partial charge is 0.410 e. The fraction of sp³-hybridized carbons (Fsp3) is 0.667. The molecule has 14 atom stereocenters. The van der Waals surface area contributed by atoms with Crippen molar-refractivity contribution in [1.82, 2.24) is 57.2 Å². The lowest BCUT2D eigenvalue weighted by atomic mass is 9.89. The number of ether oxygens (including phenoxy) is 3. The Morgan fingerprint density at radius 3 is 1.73 bits per heavy atom. The van der Waals surface area contributed by atoms with Crippen LogP contribution in [0.2, 0.25) is 0 Å². The van der Waals surface area contributed by atoms with Gasteiger partial charge in [-0.3, -0.25) is 48.1 Å². The Kier molecular flexibility index (Phi) is 42.8. The number of nitrogens with one attached hydrogen (secondary N) is 9. The highest BCUT2D eigenvalue weighted by Crippen LogP contribution is 2.31. The minimum atomic E-state index is -1.54. The Bertz CT molecular complexity index is 3390. The minimum absolute atomic E-state index is 0.0334. The molecule has 1 aliphatic heterocycles. The number of hydrogen-bond acceptors (Lipinski definition) is 18. The maximum atomic E-state index is 14.9.